The molecule has 7 heteroatoms. The highest BCUT2D eigenvalue weighted by molar-refractivity contribution is 5.76. The van der Waals surface area contributed by atoms with Gasteiger partial charge in [0.05, 0.1) is 13.0 Å². The Labute approximate surface area is 115 Å². The number of halogens is 3. The second-order valence-electron chi connectivity index (χ2n) is 4.99. The van der Waals surface area contributed by atoms with E-state index in [1.165, 1.54) is 6.92 Å². The number of carbonyl (C=O) groups excluding carboxylic acids is 1. The molecule has 20 heavy (non-hydrogen) atoms. The number of hydrogen-bond acceptors (Lipinski definition) is 3. The molecular weight excluding hydrogens is 275 g/mol. The third-order valence-corrected chi connectivity index (χ3v) is 2.89. The lowest BCUT2D eigenvalue weighted by Crippen LogP contribution is -2.39. The van der Waals surface area contributed by atoms with Gasteiger partial charge in [-0.2, -0.15) is 13.2 Å². The van der Waals surface area contributed by atoms with Crippen molar-refractivity contribution in [3.63, 3.8) is 0 Å². The Hall–Kier alpha value is -1.50. The van der Waals surface area contributed by atoms with E-state index in [2.05, 4.69) is 5.32 Å². The first-order chi connectivity index (χ1) is 9.01. The number of amides is 1. The summed E-state index contributed by atoms with van der Waals surface area (Å²) in [6.07, 6.45) is -6.19. The van der Waals surface area contributed by atoms with Crippen molar-refractivity contribution in [3.05, 3.63) is 23.2 Å². The van der Waals surface area contributed by atoms with Crippen LogP contribution in [-0.2, 0) is 10.4 Å². The van der Waals surface area contributed by atoms with Gasteiger partial charge in [0, 0.05) is 12.0 Å². The molecule has 1 aromatic heterocycles. The van der Waals surface area contributed by atoms with Gasteiger partial charge in [0.2, 0.25) is 5.91 Å². The molecule has 4 nitrogen and oxygen atoms in total. The lowest BCUT2D eigenvalue weighted by atomic mass is 9.96. The lowest BCUT2D eigenvalue weighted by molar-refractivity contribution is -0.144. The zero-order valence-corrected chi connectivity index (χ0v) is 11.6. The molecule has 0 aromatic carbocycles. The average Bonchev–Trinajstić information content (AvgIpc) is 2.63. The van der Waals surface area contributed by atoms with Crippen LogP contribution in [0.15, 0.2) is 10.5 Å². The highest BCUT2D eigenvalue weighted by Gasteiger charge is 2.30. The van der Waals surface area contributed by atoms with Crippen molar-refractivity contribution >= 4 is 5.91 Å². The molecule has 1 unspecified atom stereocenters. The highest BCUT2D eigenvalue weighted by Crippen LogP contribution is 2.26. The van der Waals surface area contributed by atoms with Crippen molar-refractivity contribution in [3.8, 4) is 0 Å². The Bertz CT molecular complexity index is 478. The minimum atomic E-state index is -4.36. The third kappa shape index (κ3) is 4.88. The molecule has 0 spiro atoms. The summed E-state index contributed by atoms with van der Waals surface area (Å²) in [4.78, 5) is 11.3. The Morgan fingerprint density at radius 1 is 1.40 bits per heavy atom. The maximum absolute atomic E-state index is 12.0. The number of aryl methyl sites for hydroxylation is 2. The first-order valence-corrected chi connectivity index (χ1v) is 6.14. The lowest BCUT2D eigenvalue weighted by Gasteiger charge is -2.23. The topological polar surface area (TPSA) is 62.5 Å². The van der Waals surface area contributed by atoms with Crippen LogP contribution in [0.25, 0.3) is 0 Å². The second-order valence-corrected chi connectivity index (χ2v) is 4.99. The van der Waals surface area contributed by atoms with E-state index in [1.807, 2.05) is 0 Å². The predicted octanol–water partition coefficient (Wildman–Crippen LogP) is 2.56. The molecule has 114 valence electrons. The molecule has 0 fully saturated rings. The van der Waals surface area contributed by atoms with Gasteiger partial charge in [0.25, 0.3) is 0 Å². The van der Waals surface area contributed by atoms with E-state index < -0.39 is 30.5 Å². The zero-order chi connectivity index (χ0) is 15.6. The number of rotatable bonds is 5. The molecule has 0 aliphatic rings. The molecule has 0 aliphatic heterocycles. The highest BCUT2D eigenvalue weighted by atomic mass is 19.4. The van der Waals surface area contributed by atoms with Crippen LogP contribution in [0, 0.1) is 13.8 Å². The number of furan rings is 1. The van der Waals surface area contributed by atoms with Gasteiger partial charge in [0.15, 0.2) is 0 Å². The maximum atomic E-state index is 12.0. The molecule has 0 bridgehead atoms. The molecular formula is C13H18F3NO3. The van der Waals surface area contributed by atoms with E-state index in [0.717, 1.165) is 0 Å². The summed E-state index contributed by atoms with van der Waals surface area (Å²) in [5.41, 5.74) is -0.887. The minimum Gasteiger partial charge on any atom is -0.466 e. The summed E-state index contributed by atoms with van der Waals surface area (Å²) in [6.45, 7) is 4.68. The number of carbonyl (C=O) groups is 1. The van der Waals surface area contributed by atoms with Crippen molar-refractivity contribution < 1.29 is 27.5 Å². The van der Waals surface area contributed by atoms with Crippen molar-refractivity contribution in [2.45, 2.75) is 45.4 Å². The fraction of sp³-hybridized carbons (Fsp3) is 0.615. The van der Waals surface area contributed by atoms with E-state index in [0.29, 0.717) is 17.1 Å². The van der Waals surface area contributed by atoms with Crippen LogP contribution in [-0.4, -0.2) is 23.7 Å². The van der Waals surface area contributed by atoms with Gasteiger partial charge in [-0.1, -0.05) is 0 Å². The molecule has 1 heterocycles. The SMILES string of the molecule is Cc1cc(C(C)(O)CNC(=O)CCC(F)(F)F)c(C)o1. The standard InChI is InChI=1S/C13H18F3NO3/c1-8-6-10(9(2)20-8)12(3,19)7-17-11(18)4-5-13(14,15)16/h6,19H,4-5,7H2,1-3H3,(H,17,18). The summed E-state index contributed by atoms with van der Waals surface area (Å²) in [6, 6.07) is 1.64. The van der Waals surface area contributed by atoms with Crippen molar-refractivity contribution in [2.75, 3.05) is 6.54 Å². The van der Waals surface area contributed by atoms with Gasteiger partial charge in [-0.15, -0.1) is 0 Å². The molecule has 2 N–H and O–H groups in total. The quantitative estimate of drug-likeness (QED) is 0.877. The molecule has 1 amide bonds. The maximum Gasteiger partial charge on any atom is 0.389 e. The van der Waals surface area contributed by atoms with E-state index in [4.69, 9.17) is 4.42 Å². The van der Waals surface area contributed by atoms with E-state index in [1.54, 1.807) is 19.9 Å². The second kappa shape index (κ2) is 5.87. The first-order valence-electron chi connectivity index (χ1n) is 6.14. The largest absolute Gasteiger partial charge is 0.466 e. The molecule has 0 aliphatic carbocycles. The summed E-state index contributed by atoms with van der Waals surface area (Å²) in [5, 5.41) is 12.6. The smallest absolute Gasteiger partial charge is 0.389 e. The van der Waals surface area contributed by atoms with Gasteiger partial charge in [-0.05, 0) is 26.8 Å². The van der Waals surface area contributed by atoms with Gasteiger partial charge >= 0.3 is 6.18 Å². The Kier molecular flexibility index (Phi) is 4.86. The van der Waals surface area contributed by atoms with Crippen molar-refractivity contribution in [1.82, 2.24) is 5.32 Å². The fourth-order valence-corrected chi connectivity index (χ4v) is 1.88. The van der Waals surface area contributed by atoms with Gasteiger partial charge in [-0.3, -0.25) is 4.79 Å². The van der Waals surface area contributed by atoms with E-state index in [-0.39, 0.29) is 6.54 Å². The van der Waals surface area contributed by atoms with Crippen LogP contribution in [0.2, 0.25) is 0 Å². The van der Waals surface area contributed by atoms with Crippen LogP contribution in [0.4, 0.5) is 13.2 Å². The van der Waals surface area contributed by atoms with Gasteiger partial charge in [0.1, 0.15) is 17.1 Å². The van der Waals surface area contributed by atoms with Crippen LogP contribution < -0.4 is 5.32 Å². The van der Waals surface area contributed by atoms with Crippen LogP contribution in [0.1, 0.15) is 36.8 Å². The van der Waals surface area contributed by atoms with Crippen molar-refractivity contribution in [2.24, 2.45) is 0 Å². The average molecular weight is 293 g/mol. The normalized spacial score (nSPS) is 14.9. The Morgan fingerprint density at radius 3 is 2.45 bits per heavy atom. The predicted molar refractivity (Wildman–Crippen MR) is 66.1 cm³/mol. The summed E-state index contributed by atoms with van der Waals surface area (Å²) >= 11 is 0. The third-order valence-electron chi connectivity index (χ3n) is 2.89. The number of nitrogens with one attached hydrogen (secondary N) is 1. The fourth-order valence-electron chi connectivity index (χ4n) is 1.88. The van der Waals surface area contributed by atoms with Gasteiger partial charge < -0.3 is 14.8 Å². The van der Waals surface area contributed by atoms with Crippen molar-refractivity contribution in [1.29, 1.82) is 0 Å². The first kappa shape index (κ1) is 16.6. The van der Waals surface area contributed by atoms with E-state index in [9.17, 15) is 23.1 Å². The molecule has 1 atom stereocenters. The van der Waals surface area contributed by atoms with Crippen LogP contribution in [0.3, 0.4) is 0 Å². The Balaban J connectivity index is 2.55. The number of hydrogen-bond donors (Lipinski definition) is 2. The molecule has 0 saturated heterocycles. The zero-order valence-electron chi connectivity index (χ0n) is 11.6. The van der Waals surface area contributed by atoms with Crippen LogP contribution in [0.5, 0.6) is 0 Å². The monoisotopic (exact) mass is 293 g/mol. The molecule has 1 aromatic rings. The molecule has 0 radical (unpaired) electrons. The summed E-state index contributed by atoms with van der Waals surface area (Å²) in [5.74, 6) is 0.374. The summed E-state index contributed by atoms with van der Waals surface area (Å²) < 4.78 is 41.2. The molecule has 0 saturated carbocycles. The van der Waals surface area contributed by atoms with E-state index >= 15 is 0 Å². The minimum absolute atomic E-state index is 0.177. The molecule has 1 rings (SSSR count). The van der Waals surface area contributed by atoms with Gasteiger partial charge in [-0.25, -0.2) is 0 Å². The number of aliphatic hydroxyl groups is 1. The summed E-state index contributed by atoms with van der Waals surface area (Å²) in [7, 11) is 0. The Morgan fingerprint density at radius 2 is 2.00 bits per heavy atom. The van der Waals surface area contributed by atoms with Crippen LogP contribution >= 0.6 is 0 Å². The number of alkyl halides is 3.